The molecule has 2 heterocycles. The van der Waals surface area contributed by atoms with E-state index in [9.17, 15) is 9.59 Å². The highest BCUT2D eigenvalue weighted by Gasteiger charge is 2.21. The quantitative estimate of drug-likeness (QED) is 0.518. The van der Waals surface area contributed by atoms with E-state index in [-0.39, 0.29) is 18.0 Å². The SMILES string of the molecule is COc1ccc(N(Cc2cc3ccc(OC)cc3[nH]c2=O)C(=O)c2ccccn2)cc1. The van der Waals surface area contributed by atoms with Crippen LogP contribution in [0, 0.1) is 0 Å². The zero-order valence-corrected chi connectivity index (χ0v) is 17.2. The molecule has 4 aromatic rings. The van der Waals surface area contributed by atoms with Gasteiger partial charge in [0.1, 0.15) is 17.2 Å². The summed E-state index contributed by atoms with van der Waals surface area (Å²) < 4.78 is 10.4. The molecule has 2 aromatic heterocycles. The first kappa shape index (κ1) is 20.2. The summed E-state index contributed by atoms with van der Waals surface area (Å²) in [5.74, 6) is 1.02. The molecule has 0 aliphatic heterocycles. The molecule has 156 valence electrons. The van der Waals surface area contributed by atoms with E-state index in [4.69, 9.17) is 9.47 Å². The molecule has 31 heavy (non-hydrogen) atoms. The topological polar surface area (TPSA) is 84.5 Å². The molecule has 0 fully saturated rings. The molecule has 0 atom stereocenters. The van der Waals surface area contributed by atoms with Crippen LogP contribution in [0.2, 0.25) is 0 Å². The van der Waals surface area contributed by atoms with Gasteiger partial charge in [0.2, 0.25) is 0 Å². The second kappa shape index (κ2) is 8.71. The van der Waals surface area contributed by atoms with Crippen molar-refractivity contribution in [3.05, 3.63) is 94.5 Å². The Morgan fingerprint density at radius 1 is 0.968 bits per heavy atom. The lowest BCUT2D eigenvalue weighted by Crippen LogP contribution is -2.33. The number of H-pyrrole nitrogens is 1. The van der Waals surface area contributed by atoms with Crippen LogP contribution in [0.1, 0.15) is 16.1 Å². The maximum atomic E-state index is 13.3. The summed E-state index contributed by atoms with van der Waals surface area (Å²) in [6, 6.07) is 19.5. The number of aromatic nitrogens is 2. The molecular weight excluding hydrogens is 394 g/mol. The molecule has 0 radical (unpaired) electrons. The molecule has 0 saturated heterocycles. The van der Waals surface area contributed by atoms with Crippen LogP contribution in [0.5, 0.6) is 11.5 Å². The minimum Gasteiger partial charge on any atom is -0.497 e. The van der Waals surface area contributed by atoms with Crippen molar-refractivity contribution in [2.75, 3.05) is 19.1 Å². The van der Waals surface area contributed by atoms with Gasteiger partial charge < -0.3 is 19.4 Å². The Hall–Kier alpha value is -4.13. The molecule has 7 nitrogen and oxygen atoms in total. The highest BCUT2D eigenvalue weighted by Crippen LogP contribution is 2.24. The number of nitrogens with one attached hydrogen (secondary N) is 1. The number of fused-ring (bicyclic) bond motifs is 1. The molecule has 1 N–H and O–H groups in total. The first-order valence-electron chi connectivity index (χ1n) is 9.66. The highest BCUT2D eigenvalue weighted by atomic mass is 16.5. The van der Waals surface area contributed by atoms with Crippen LogP contribution in [-0.2, 0) is 6.54 Å². The second-order valence-corrected chi connectivity index (χ2v) is 6.88. The van der Waals surface area contributed by atoms with Crippen molar-refractivity contribution in [1.29, 1.82) is 0 Å². The minimum absolute atomic E-state index is 0.0824. The second-order valence-electron chi connectivity index (χ2n) is 6.88. The fourth-order valence-corrected chi connectivity index (χ4v) is 3.31. The lowest BCUT2D eigenvalue weighted by Gasteiger charge is -2.23. The van der Waals surface area contributed by atoms with E-state index in [1.807, 2.05) is 12.1 Å². The van der Waals surface area contributed by atoms with Crippen LogP contribution in [0.15, 0.2) is 77.7 Å². The van der Waals surface area contributed by atoms with E-state index in [2.05, 4.69) is 9.97 Å². The first-order valence-corrected chi connectivity index (χ1v) is 9.66. The van der Waals surface area contributed by atoms with Gasteiger partial charge in [0.05, 0.1) is 26.3 Å². The van der Waals surface area contributed by atoms with Crippen molar-refractivity contribution < 1.29 is 14.3 Å². The van der Waals surface area contributed by atoms with Gasteiger partial charge in [0.15, 0.2) is 0 Å². The number of methoxy groups -OCH3 is 2. The Morgan fingerprint density at radius 2 is 1.71 bits per heavy atom. The average Bonchev–Trinajstić information content (AvgIpc) is 2.82. The molecule has 0 unspecified atom stereocenters. The molecule has 1 amide bonds. The van der Waals surface area contributed by atoms with Crippen LogP contribution in [0.4, 0.5) is 5.69 Å². The van der Waals surface area contributed by atoms with Gasteiger partial charge in [0.25, 0.3) is 11.5 Å². The number of anilines is 1. The van der Waals surface area contributed by atoms with Crippen LogP contribution < -0.4 is 19.9 Å². The Bertz CT molecular complexity index is 1270. The molecule has 0 aliphatic rings. The maximum Gasteiger partial charge on any atom is 0.277 e. The van der Waals surface area contributed by atoms with Crippen LogP contribution >= 0.6 is 0 Å². The fraction of sp³-hybridized carbons (Fsp3) is 0.125. The molecule has 0 saturated carbocycles. The van der Waals surface area contributed by atoms with Gasteiger partial charge in [0, 0.05) is 23.5 Å². The van der Waals surface area contributed by atoms with E-state index >= 15 is 0 Å². The third-order valence-electron chi connectivity index (χ3n) is 4.97. The summed E-state index contributed by atoms with van der Waals surface area (Å²) in [4.78, 5) is 34.6. The predicted octanol–water partition coefficient (Wildman–Crippen LogP) is 3.79. The molecule has 7 heteroatoms. The van der Waals surface area contributed by atoms with E-state index < -0.39 is 0 Å². The molecule has 0 bridgehead atoms. The standard InChI is InChI=1S/C24H21N3O4/c1-30-19-10-7-18(8-11-19)27(24(29)21-5-3-4-12-25-21)15-17-13-16-6-9-20(31-2)14-22(16)26-23(17)28/h3-14H,15H2,1-2H3,(H,26,28). The number of hydrogen-bond donors (Lipinski definition) is 1. The maximum absolute atomic E-state index is 13.3. The van der Waals surface area contributed by atoms with Crippen LogP contribution in [-0.4, -0.2) is 30.1 Å². The Balaban J connectivity index is 1.75. The lowest BCUT2D eigenvalue weighted by molar-refractivity contribution is 0.0980. The van der Waals surface area contributed by atoms with Crippen molar-refractivity contribution >= 4 is 22.5 Å². The number of pyridine rings is 2. The number of carbonyl (C=O) groups is 1. The van der Waals surface area contributed by atoms with Gasteiger partial charge in [-0.2, -0.15) is 0 Å². The summed E-state index contributed by atoms with van der Waals surface area (Å²) in [6.45, 7) is 0.0824. The molecule has 2 aromatic carbocycles. The van der Waals surface area contributed by atoms with Crippen molar-refractivity contribution in [1.82, 2.24) is 9.97 Å². The number of benzene rings is 2. The number of aromatic amines is 1. The summed E-state index contributed by atoms with van der Waals surface area (Å²) in [6.07, 6.45) is 1.57. The first-order chi connectivity index (χ1) is 15.1. The van der Waals surface area contributed by atoms with Gasteiger partial charge >= 0.3 is 0 Å². The average molecular weight is 415 g/mol. The summed E-state index contributed by atoms with van der Waals surface area (Å²) >= 11 is 0. The van der Waals surface area contributed by atoms with Gasteiger partial charge in [-0.1, -0.05) is 6.07 Å². The summed E-state index contributed by atoms with van der Waals surface area (Å²) in [7, 11) is 3.15. The fourth-order valence-electron chi connectivity index (χ4n) is 3.31. The summed E-state index contributed by atoms with van der Waals surface area (Å²) in [5.41, 5.74) is 1.77. The normalized spacial score (nSPS) is 10.6. The van der Waals surface area contributed by atoms with Crippen LogP contribution in [0.25, 0.3) is 10.9 Å². The Morgan fingerprint density at radius 3 is 2.39 bits per heavy atom. The van der Waals surface area contributed by atoms with Gasteiger partial charge in [-0.3, -0.25) is 14.6 Å². The highest BCUT2D eigenvalue weighted by molar-refractivity contribution is 6.04. The van der Waals surface area contributed by atoms with Crippen molar-refractivity contribution in [3.8, 4) is 11.5 Å². The van der Waals surface area contributed by atoms with Crippen molar-refractivity contribution in [2.24, 2.45) is 0 Å². The Labute approximate surface area is 178 Å². The number of nitrogens with zero attached hydrogens (tertiary/aromatic N) is 2. The zero-order chi connectivity index (χ0) is 21.8. The monoisotopic (exact) mass is 415 g/mol. The van der Waals surface area contributed by atoms with E-state index in [0.29, 0.717) is 34.0 Å². The largest absolute Gasteiger partial charge is 0.497 e. The molecule has 4 rings (SSSR count). The van der Waals surface area contributed by atoms with Crippen LogP contribution in [0.3, 0.4) is 0 Å². The molecule has 0 aliphatic carbocycles. The number of ether oxygens (including phenoxy) is 2. The lowest BCUT2D eigenvalue weighted by atomic mass is 10.1. The molecular formula is C24H21N3O4. The van der Waals surface area contributed by atoms with E-state index in [1.165, 1.54) is 4.90 Å². The van der Waals surface area contributed by atoms with Gasteiger partial charge in [-0.25, -0.2) is 0 Å². The number of amides is 1. The zero-order valence-electron chi connectivity index (χ0n) is 17.2. The number of rotatable bonds is 6. The summed E-state index contributed by atoms with van der Waals surface area (Å²) in [5, 5.41) is 0.843. The number of hydrogen-bond acceptors (Lipinski definition) is 5. The predicted molar refractivity (Wildman–Crippen MR) is 119 cm³/mol. The van der Waals surface area contributed by atoms with E-state index in [1.54, 1.807) is 75.0 Å². The smallest absolute Gasteiger partial charge is 0.277 e. The van der Waals surface area contributed by atoms with Gasteiger partial charge in [-0.05, 0) is 60.0 Å². The van der Waals surface area contributed by atoms with Crippen molar-refractivity contribution in [3.63, 3.8) is 0 Å². The third kappa shape index (κ3) is 4.25. The van der Waals surface area contributed by atoms with Gasteiger partial charge in [-0.15, -0.1) is 0 Å². The molecule has 0 spiro atoms. The third-order valence-corrected chi connectivity index (χ3v) is 4.97. The Kier molecular flexibility index (Phi) is 5.66. The van der Waals surface area contributed by atoms with E-state index in [0.717, 1.165) is 5.39 Å². The minimum atomic E-state index is -0.306. The van der Waals surface area contributed by atoms with Crippen molar-refractivity contribution in [2.45, 2.75) is 6.54 Å². The number of carbonyl (C=O) groups excluding carboxylic acids is 1.